The fraction of sp³-hybridized carbons (Fsp3) is 0.316. The van der Waals surface area contributed by atoms with E-state index in [9.17, 15) is 4.79 Å². The molecule has 0 radical (unpaired) electrons. The number of hydrogen-bond acceptors (Lipinski definition) is 3. The number of carbonyl (C=O) groups is 1. The maximum Gasteiger partial charge on any atom is 0.258 e. The van der Waals surface area contributed by atoms with Gasteiger partial charge in [0.1, 0.15) is 11.9 Å². The van der Waals surface area contributed by atoms with Crippen LogP contribution in [0, 0.1) is 0 Å². The molecular weight excluding hydrogens is 288 g/mol. The zero-order valence-corrected chi connectivity index (χ0v) is 13.2. The lowest BCUT2D eigenvalue weighted by atomic mass is 10.0. The second-order valence-corrected chi connectivity index (χ2v) is 6.04. The van der Waals surface area contributed by atoms with E-state index in [0.29, 0.717) is 12.6 Å². The summed E-state index contributed by atoms with van der Waals surface area (Å²) in [4.78, 5) is 14.9. The van der Waals surface area contributed by atoms with Crippen LogP contribution in [-0.4, -0.2) is 23.5 Å². The molecule has 23 heavy (non-hydrogen) atoms. The van der Waals surface area contributed by atoms with Crippen LogP contribution < -0.4 is 10.1 Å². The van der Waals surface area contributed by atoms with Gasteiger partial charge in [0, 0.05) is 11.7 Å². The van der Waals surface area contributed by atoms with E-state index < -0.39 is 0 Å². The quantitative estimate of drug-likeness (QED) is 0.933. The maximum atomic E-state index is 12.9. The van der Waals surface area contributed by atoms with Gasteiger partial charge in [0.25, 0.3) is 5.91 Å². The molecule has 1 amide bonds. The molecule has 118 valence electrons. The lowest BCUT2D eigenvalue weighted by molar-refractivity contribution is 0.0666. The highest BCUT2D eigenvalue weighted by Gasteiger charge is 2.41. The number of rotatable bonds is 4. The number of benzene rings is 2. The van der Waals surface area contributed by atoms with Crippen LogP contribution in [0.4, 0.5) is 5.69 Å². The highest BCUT2D eigenvalue weighted by molar-refractivity contribution is 6.02. The van der Waals surface area contributed by atoms with Gasteiger partial charge >= 0.3 is 0 Å². The Morgan fingerprint density at radius 2 is 1.87 bits per heavy atom. The molecule has 4 heteroatoms. The zero-order valence-electron chi connectivity index (χ0n) is 13.2. The van der Waals surface area contributed by atoms with Crippen molar-refractivity contribution >= 4 is 11.6 Å². The second-order valence-electron chi connectivity index (χ2n) is 6.04. The first-order valence-corrected chi connectivity index (χ1v) is 8.19. The summed E-state index contributed by atoms with van der Waals surface area (Å²) >= 11 is 0. The Balaban J connectivity index is 1.70. The number of carbonyl (C=O) groups excluding carboxylic acids is 1. The predicted octanol–water partition coefficient (Wildman–Crippen LogP) is 3.81. The minimum Gasteiger partial charge on any atom is -0.494 e. The molecule has 1 N–H and O–H groups in total. The smallest absolute Gasteiger partial charge is 0.258 e. The van der Waals surface area contributed by atoms with Gasteiger partial charge in [-0.1, -0.05) is 24.3 Å². The van der Waals surface area contributed by atoms with Crippen LogP contribution in [0.5, 0.6) is 5.75 Å². The molecule has 1 aliphatic heterocycles. The van der Waals surface area contributed by atoms with Gasteiger partial charge in [0.05, 0.1) is 12.2 Å². The van der Waals surface area contributed by atoms with Crippen molar-refractivity contribution in [1.29, 1.82) is 0 Å². The number of ether oxygens (including phenoxy) is 1. The number of para-hydroxylation sites is 1. The minimum atomic E-state index is -0.111. The molecule has 0 unspecified atom stereocenters. The fourth-order valence-electron chi connectivity index (χ4n) is 3.15. The third-order valence-electron chi connectivity index (χ3n) is 4.41. The Kier molecular flexibility index (Phi) is 3.45. The van der Waals surface area contributed by atoms with Gasteiger partial charge in [0.15, 0.2) is 0 Å². The minimum absolute atomic E-state index is 0.111. The van der Waals surface area contributed by atoms with Crippen molar-refractivity contribution < 1.29 is 9.53 Å². The molecule has 1 aliphatic carbocycles. The van der Waals surface area contributed by atoms with Crippen molar-refractivity contribution in [2.24, 2.45) is 0 Å². The Morgan fingerprint density at radius 1 is 1.13 bits per heavy atom. The SMILES string of the molecule is CCOc1ccc([C@@H]2Nc3ccccc3C(=O)N2C2CC2)cc1. The van der Waals surface area contributed by atoms with Crippen LogP contribution in [0.25, 0.3) is 0 Å². The van der Waals surface area contributed by atoms with Crippen molar-refractivity contribution in [3.8, 4) is 5.75 Å². The largest absolute Gasteiger partial charge is 0.494 e. The van der Waals surface area contributed by atoms with Crippen LogP contribution in [0.1, 0.15) is 41.9 Å². The summed E-state index contributed by atoms with van der Waals surface area (Å²) in [7, 11) is 0. The van der Waals surface area contributed by atoms with E-state index in [-0.39, 0.29) is 12.1 Å². The molecule has 2 aromatic carbocycles. The number of nitrogens with one attached hydrogen (secondary N) is 1. The van der Waals surface area contributed by atoms with Crippen molar-refractivity contribution in [2.75, 3.05) is 11.9 Å². The fourth-order valence-corrected chi connectivity index (χ4v) is 3.15. The molecule has 0 bridgehead atoms. The van der Waals surface area contributed by atoms with E-state index in [0.717, 1.165) is 35.4 Å². The molecule has 0 saturated heterocycles. The number of anilines is 1. The second kappa shape index (κ2) is 5.61. The van der Waals surface area contributed by atoms with Gasteiger partial charge in [-0.2, -0.15) is 0 Å². The van der Waals surface area contributed by atoms with E-state index in [4.69, 9.17) is 4.74 Å². The number of fused-ring (bicyclic) bond motifs is 1. The summed E-state index contributed by atoms with van der Waals surface area (Å²) in [5, 5.41) is 3.53. The number of hydrogen-bond donors (Lipinski definition) is 1. The Labute approximate surface area is 136 Å². The maximum absolute atomic E-state index is 12.9. The van der Waals surface area contributed by atoms with Gasteiger partial charge in [-0.15, -0.1) is 0 Å². The van der Waals surface area contributed by atoms with Gasteiger partial charge in [-0.25, -0.2) is 0 Å². The van der Waals surface area contributed by atoms with Crippen LogP contribution in [-0.2, 0) is 0 Å². The zero-order chi connectivity index (χ0) is 15.8. The van der Waals surface area contributed by atoms with E-state index in [1.54, 1.807) is 0 Å². The molecule has 1 fully saturated rings. The number of nitrogens with zero attached hydrogens (tertiary/aromatic N) is 1. The van der Waals surface area contributed by atoms with Crippen molar-refractivity contribution in [2.45, 2.75) is 32.0 Å². The summed E-state index contributed by atoms with van der Waals surface area (Å²) in [6.45, 7) is 2.63. The summed E-state index contributed by atoms with van der Waals surface area (Å²) in [6.07, 6.45) is 2.06. The van der Waals surface area contributed by atoms with E-state index >= 15 is 0 Å². The molecule has 1 heterocycles. The molecule has 4 nitrogen and oxygen atoms in total. The average molecular weight is 308 g/mol. The standard InChI is InChI=1S/C19H20N2O2/c1-2-23-15-11-7-13(8-12-15)18-20-17-6-4-3-5-16(17)19(22)21(18)14-9-10-14/h3-8,11-12,14,18,20H,2,9-10H2,1H3/t18-/m1/s1. The third-order valence-corrected chi connectivity index (χ3v) is 4.41. The van der Waals surface area contributed by atoms with Crippen LogP contribution >= 0.6 is 0 Å². The highest BCUT2D eigenvalue weighted by atomic mass is 16.5. The van der Waals surface area contributed by atoms with Gasteiger partial charge in [0.2, 0.25) is 0 Å². The lowest BCUT2D eigenvalue weighted by Crippen LogP contribution is -2.44. The summed E-state index contributed by atoms with van der Waals surface area (Å²) in [5.41, 5.74) is 2.76. The molecule has 1 atom stereocenters. The summed E-state index contributed by atoms with van der Waals surface area (Å²) in [5.74, 6) is 0.984. The van der Waals surface area contributed by atoms with E-state index in [1.807, 2.05) is 60.4 Å². The van der Waals surface area contributed by atoms with E-state index in [2.05, 4.69) is 5.32 Å². The topological polar surface area (TPSA) is 41.6 Å². The molecule has 2 aliphatic rings. The normalized spacial score (nSPS) is 20.0. The van der Waals surface area contributed by atoms with Crippen LogP contribution in [0.3, 0.4) is 0 Å². The first-order chi connectivity index (χ1) is 11.3. The Hall–Kier alpha value is -2.49. The van der Waals surface area contributed by atoms with Crippen molar-refractivity contribution in [3.05, 3.63) is 59.7 Å². The first-order valence-electron chi connectivity index (χ1n) is 8.19. The van der Waals surface area contributed by atoms with Gasteiger partial charge in [-0.05, 0) is 49.6 Å². The molecular formula is C19H20N2O2. The molecule has 0 aromatic heterocycles. The first kappa shape index (κ1) is 14.1. The molecule has 1 saturated carbocycles. The highest BCUT2D eigenvalue weighted by Crippen LogP contribution is 2.40. The van der Waals surface area contributed by atoms with E-state index in [1.165, 1.54) is 0 Å². The number of amides is 1. The van der Waals surface area contributed by atoms with Crippen molar-refractivity contribution in [1.82, 2.24) is 4.90 Å². The Bertz CT molecular complexity index is 722. The van der Waals surface area contributed by atoms with Gasteiger partial charge in [-0.3, -0.25) is 4.79 Å². The average Bonchev–Trinajstić information content (AvgIpc) is 3.41. The van der Waals surface area contributed by atoms with Crippen LogP contribution in [0.15, 0.2) is 48.5 Å². The summed E-state index contributed by atoms with van der Waals surface area (Å²) in [6, 6.07) is 16.1. The van der Waals surface area contributed by atoms with Crippen LogP contribution in [0.2, 0.25) is 0 Å². The Morgan fingerprint density at radius 3 is 2.57 bits per heavy atom. The predicted molar refractivity (Wildman–Crippen MR) is 89.6 cm³/mol. The summed E-state index contributed by atoms with van der Waals surface area (Å²) < 4.78 is 5.51. The lowest BCUT2D eigenvalue weighted by Gasteiger charge is -2.38. The van der Waals surface area contributed by atoms with Gasteiger partial charge < -0.3 is 15.0 Å². The molecule has 4 rings (SSSR count). The third kappa shape index (κ3) is 2.54. The molecule has 0 spiro atoms. The molecule has 2 aromatic rings. The monoisotopic (exact) mass is 308 g/mol. The van der Waals surface area contributed by atoms with Crippen molar-refractivity contribution in [3.63, 3.8) is 0 Å².